The van der Waals surface area contributed by atoms with E-state index >= 15 is 0 Å². The van der Waals surface area contributed by atoms with Crippen molar-refractivity contribution < 1.29 is 14.0 Å². The quantitative estimate of drug-likeness (QED) is 0.777. The molecular weight excluding hydrogens is 367 g/mol. The summed E-state index contributed by atoms with van der Waals surface area (Å²) in [5, 5.41) is 3.37. The van der Waals surface area contributed by atoms with Crippen molar-refractivity contribution in [3.8, 4) is 0 Å². The van der Waals surface area contributed by atoms with E-state index in [0.717, 1.165) is 5.56 Å². The molecule has 27 heavy (non-hydrogen) atoms. The van der Waals surface area contributed by atoms with Crippen molar-refractivity contribution in [1.29, 1.82) is 0 Å². The number of carbonyl (C=O) groups excluding carboxylic acids is 2. The zero-order valence-electron chi connectivity index (χ0n) is 15.7. The third kappa shape index (κ3) is 6.07. The first-order valence-corrected chi connectivity index (χ1v) is 9.23. The van der Waals surface area contributed by atoms with Crippen LogP contribution in [0.2, 0.25) is 5.02 Å². The van der Waals surface area contributed by atoms with Gasteiger partial charge in [0, 0.05) is 17.6 Å². The smallest absolute Gasteiger partial charge is 0.242 e. The normalized spacial score (nSPS) is 11.9. The van der Waals surface area contributed by atoms with E-state index in [9.17, 15) is 14.0 Å². The van der Waals surface area contributed by atoms with Crippen LogP contribution >= 0.6 is 11.6 Å². The van der Waals surface area contributed by atoms with Crippen LogP contribution in [-0.4, -0.2) is 28.8 Å². The van der Waals surface area contributed by atoms with Crippen LogP contribution in [0, 0.1) is 5.82 Å². The van der Waals surface area contributed by atoms with E-state index in [1.807, 2.05) is 19.9 Å². The summed E-state index contributed by atoms with van der Waals surface area (Å²) in [4.78, 5) is 26.9. The van der Waals surface area contributed by atoms with Crippen molar-refractivity contribution in [1.82, 2.24) is 10.2 Å². The number of benzene rings is 2. The number of nitrogens with zero attached hydrogens (tertiary/aromatic N) is 1. The Morgan fingerprint density at radius 1 is 1.11 bits per heavy atom. The Bertz CT molecular complexity index is 810. The molecule has 0 aliphatic rings. The van der Waals surface area contributed by atoms with Gasteiger partial charge < -0.3 is 10.2 Å². The molecule has 0 fully saturated rings. The van der Waals surface area contributed by atoms with Gasteiger partial charge in [0.25, 0.3) is 0 Å². The second-order valence-electron chi connectivity index (χ2n) is 6.76. The van der Waals surface area contributed by atoms with Crippen LogP contribution < -0.4 is 5.32 Å². The maximum atomic E-state index is 14.0. The fourth-order valence-electron chi connectivity index (χ4n) is 2.73. The lowest BCUT2D eigenvalue weighted by molar-refractivity contribution is -0.140. The highest BCUT2D eigenvalue weighted by molar-refractivity contribution is 6.30. The van der Waals surface area contributed by atoms with Gasteiger partial charge in [-0.05, 0) is 50.1 Å². The number of hydrogen-bond acceptors (Lipinski definition) is 2. The fourth-order valence-corrected chi connectivity index (χ4v) is 2.94. The van der Waals surface area contributed by atoms with Gasteiger partial charge in [-0.15, -0.1) is 0 Å². The molecule has 0 heterocycles. The molecule has 1 N–H and O–H groups in total. The minimum Gasteiger partial charge on any atom is -0.352 e. The second-order valence-corrected chi connectivity index (χ2v) is 7.20. The third-order valence-corrected chi connectivity index (χ3v) is 4.37. The van der Waals surface area contributed by atoms with Gasteiger partial charge >= 0.3 is 0 Å². The summed E-state index contributed by atoms with van der Waals surface area (Å²) in [5.74, 6) is -1.02. The Balaban J connectivity index is 2.26. The molecule has 0 aliphatic carbocycles. The van der Waals surface area contributed by atoms with E-state index < -0.39 is 11.9 Å². The van der Waals surface area contributed by atoms with Gasteiger partial charge in [0.2, 0.25) is 11.8 Å². The van der Waals surface area contributed by atoms with Gasteiger partial charge in [0.15, 0.2) is 0 Å². The first-order chi connectivity index (χ1) is 12.8. The maximum Gasteiger partial charge on any atom is 0.242 e. The molecule has 0 saturated heterocycles. The number of hydrogen-bond donors (Lipinski definition) is 1. The molecule has 2 aromatic carbocycles. The molecule has 0 saturated carbocycles. The Kier molecular flexibility index (Phi) is 7.36. The summed E-state index contributed by atoms with van der Waals surface area (Å²) < 4.78 is 14.0. The number of carbonyl (C=O) groups is 2. The highest BCUT2D eigenvalue weighted by atomic mass is 35.5. The van der Waals surface area contributed by atoms with Crippen LogP contribution in [0.3, 0.4) is 0 Å². The lowest BCUT2D eigenvalue weighted by Gasteiger charge is -2.29. The zero-order chi connectivity index (χ0) is 20.0. The predicted molar refractivity (Wildman–Crippen MR) is 105 cm³/mol. The largest absolute Gasteiger partial charge is 0.352 e. The molecule has 0 unspecified atom stereocenters. The Labute approximate surface area is 164 Å². The summed E-state index contributed by atoms with van der Waals surface area (Å²) >= 11 is 6.04. The van der Waals surface area contributed by atoms with Crippen molar-refractivity contribution in [3.63, 3.8) is 0 Å². The highest BCUT2D eigenvalue weighted by Gasteiger charge is 2.27. The maximum absolute atomic E-state index is 14.0. The fraction of sp³-hybridized carbons (Fsp3) is 0.333. The summed E-state index contributed by atoms with van der Waals surface area (Å²) in [6, 6.07) is 12.5. The van der Waals surface area contributed by atoms with E-state index in [-0.39, 0.29) is 30.8 Å². The van der Waals surface area contributed by atoms with E-state index in [0.29, 0.717) is 10.6 Å². The van der Waals surface area contributed by atoms with Crippen LogP contribution in [0.5, 0.6) is 0 Å². The molecular formula is C21H24ClFN2O2. The van der Waals surface area contributed by atoms with Crippen molar-refractivity contribution in [3.05, 3.63) is 70.5 Å². The topological polar surface area (TPSA) is 49.4 Å². The summed E-state index contributed by atoms with van der Waals surface area (Å²) in [6.07, 6.45) is -0.119. The average molecular weight is 391 g/mol. The Morgan fingerprint density at radius 2 is 1.81 bits per heavy atom. The standard InChI is InChI=1S/C21H24ClFN2O2/c1-14(2)24-21(27)15(3)25(13-16-7-6-9-18(22)11-16)20(26)12-17-8-4-5-10-19(17)23/h4-11,14-15H,12-13H2,1-3H3,(H,24,27)/t15-/m0/s1. The lowest BCUT2D eigenvalue weighted by Crippen LogP contribution is -2.49. The highest BCUT2D eigenvalue weighted by Crippen LogP contribution is 2.17. The molecule has 2 rings (SSSR count). The minimum absolute atomic E-state index is 0.0466. The van der Waals surface area contributed by atoms with Gasteiger partial charge in [-0.2, -0.15) is 0 Å². The summed E-state index contributed by atoms with van der Waals surface area (Å²) in [7, 11) is 0. The minimum atomic E-state index is -0.703. The van der Waals surface area contributed by atoms with Crippen molar-refractivity contribution >= 4 is 23.4 Å². The number of halogens is 2. The molecule has 0 bridgehead atoms. The molecule has 0 aliphatic heterocycles. The van der Waals surface area contributed by atoms with Crippen LogP contribution in [0.4, 0.5) is 4.39 Å². The number of nitrogens with one attached hydrogen (secondary N) is 1. The summed E-state index contributed by atoms with van der Waals surface area (Å²) in [5.41, 5.74) is 1.10. The zero-order valence-corrected chi connectivity index (χ0v) is 16.5. The second kappa shape index (κ2) is 9.51. The van der Waals surface area contributed by atoms with Gasteiger partial charge in [-0.1, -0.05) is 41.9 Å². The van der Waals surface area contributed by atoms with Gasteiger partial charge in [-0.25, -0.2) is 4.39 Å². The van der Waals surface area contributed by atoms with Crippen molar-refractivity contribution in [2.45, 2.75) is 45.8 Å². The van der Waals surface area contributed by atoms with E-state index in [1.165, 1.54) is 11.0 Å². The predicted octanol–water partition coefficient (Wildman–Crippen LogP) is 3.96. The van der Waals surface area contributed by atoms with E-state index in [2.05, 4.69) is 5.32 Å². The molecule has 144 valence electrons. The van der Waals surface area contributed by atoms with E-state index in [4.69, 9.17) is 11.6 Å². The first kappa shape index (κ1) is 20.9. The van der Waals surface area contributed by atoms with Crippen molar-refractivity contribution in [2.75, 3.05) is 0 Å². The van der Waals surface area contributed by atoms with Crippen LogP contribution in [-0.2, 0) is 22.6 Å². The number of rotatable bonds is 7. The van der Waals surface area contributed by atoms with Crippen LogP contribution in [0.15, 0.2) is 48.5 Å². The van der Waals surface area contributed by atoms with Crippen LogP contribution in [0.1, 0.15) is 31.9 Å². The Morgan fingerprint density at radius 3 is 2.44 bits per heavy atom. The molecule has 0 aromatic heterocycles. The molecule has 2 amide bonds. The molecule has 1 atom stereocenters. The SMILES string of the molecule is CC(C)NC(=O)[C@H](C)N(Cc1cccc(Cl)c1)C(=O)Cc1ccccc1F. The first-order valence-electron chi connectivity index (χ1n) is 8.85. The monoisotopic (exact) mass is 390 g/mol. The van der Waals surface area contributed by atoms with Gasteiger partial charge in [0.05, 0.1) is 6.42 Å². The van der Waals surface area contributed by atoms with Crippen molar-refractivity contribution in [2.24, 2.45) is 0 Å². The lowest BCUT2D eigenvalue weighted by atomic mass is 10.1. The third-order valence-electron chi connectivity index (χ3n) is 4.14. The van der Waals surface area contributed by atoms with Gasteiger partial charge in [-0.3, -0.25) is 9.59 Å². The Hall–Kier alpha value is -2.40. The van der Waals surface area contributed by atoms with Gasteiger partial charge in [0.1, 0.15) is 11.9 Å². The number of amides is 2. The van der Waals surface area contributed by atoms with Crippen LogP contribution in [0.25, 0.3) is 0 Å². The molecule has 0 spiro atoms. The molecule has 2 aromatic rings. The average Bonchev–Trinajstić information content (AvgIpc) is 2.60. The molecule has 4 nitrogen and oxygen atoms in total. The molecule has 6 heteroatoms. The van der Waals surface area contributed by atoms with E-state index in [1.54, 1.807) is 43.3 Å². The summed E-state index contributed by atoms with van der Waals surface area (Å²) in [6.45, 7) is 5.59. The molecule has 0 radical (unpaired) electrons.